The normalized spacial score (nSPS) is 18.0. The zero-order chi connectivity index (χ0) is 30.4. The topological polar surface area (TPSA) is 171 Å². The summed E-state index contributed by atoms with van der Waals surface area (Å²) in [6.45, 7) is 4.16. The van der Waals surface area contributed by atoms with E-state index in [-0.39, 0.29) is 39.9 Å². The minimum absolute atomic E-state index is 0.0553. The highest BCUT2D eigenvalue weighted by Crippen LogP contribution is 2.38. The molecule has 0 spiro atoms. The van der Waals surface area contributed by atoms with Crippen LogP contribution >= 0.6 is 23.2 Å². The number of carbonyl (C=O) groups excluding carboxylic acids is 2. The van der Waals surface area contributed by atoms with Crippen molar-refractivity contribution in [2.24, 2.45) is 5.92 Å². The minimum atomic E-state index is -1.54. The number of hydrogen-bond acceptors (Lipinski definition) is 7. The number of likely N-dealkylation sites (tertiary alicyclic amines) is 1. The minimum Gasteiger partial charge on any atom is -0.480 e. The first-order valence-corrected chi connectivity index (χ1v) is 13.2. The van der Waals surface area contributed by atoms with Crippen LogP contribution in [0.4, 0.5) is 0 Å². The van der Waals surface area contributed by atoms with Gasteiger partial charge in [0.15, 0.2) is 18.4 Å². The summed E-state index contributed by atoms with van der Waals surface area (Å²) in [7, 11) is 0. The Labute approximate surface area is 245 Å². The molecule has 1 heterocycles. The lowest BCUT2D eigenvalue weighted by Crippen LogP contribution is -2.53. The number of amides is 1. The number of nitrogens with one attached hydrogen (secondary N) is 1. The maximum atomic E-state index is 13.4. The van der Waals surface area contributed by atoms with E-state index < -0.39 is 60.2 Å². The number of aryl methyl sites for hydroxylation is 1. The molecular weight excluding hydrogens is 579 g/mol. The first kappa shape index (κ1) is 31.6. The molecule has 1 saturated heterocycles. The van der Waals surface area contributed by atoms with Gasteiger partial charge in [-0.3, -0.25) is 19.7 Å². The number of ketones is 1. The van der Waals surface area contributed by atoms with Crippen LogP contribution in [0.3, 0.4) is 0 Å². The summed E-state index contributed by atoms with van der Waals surface area (Å²) >= 11 is 12.4. The molecule has 2 aromatic carbocycles. The molecule has 4 atom stereocenters. The Morgan fingerprint density at radius 3 is 2.29 bits per heavy atom. The highest BCUT2D eigenvalue weighted by molar-refractivity contribution is 6.45. The van der Waals surface area contributed by atoms with E-state index in [2.05, 4.69) is 11.9 Å². The average Bonchev–Trinajstić information content (AvgIpc) is 3.28. The largest absolute Gasteiger partial charge is 0.480 e. The molecule has 0 radical (unpaired) electrons. The Morgan fingerprint density at radius 1 is 1.05 bits per heavy atom. The van der Waals surface area contributed by atoms with Crippen molar-refractivity contribution in [2.45, 2.75) is 37.9 Å². The van der Waals surface area contributed by atoms with Crippen LogP contribution in [0.15, 0.2) is 54.6 Å². The Kier molecular flexibility index (Phi) is 10.5. The standard InChI is InChI=1S/C28H28Cl2N2O9/c1-14-18(25(35)17-9-11-20(23(30)22(17)29)41-13-21(33)34)12-32(24(14)28(39)40)26(36)15(2)31-19(27(37)38)10-8-16-6-4-3-5-7-16/h3-7,9,11,15,18-19,24,31H,1,8,10,12-13H2,2H3,(H,33,34)(H,37,38)(H,39,40)/t15-,18?,19-,24?/m0/s1. The molecule has 1 aliphatic rings. The fourth-order valence-corrected chi connectivity index (χ4v) is 5.06. The molecule has 3 rings (SSSR count). The van der Waals surface area contributed by atoms with E-state index in [0.717, 1.165) is 10.5 Å². The van der Waals surface area contributed by atoms with Crippen molar-refractivity contribution >= 4 is 52.8 Å². The molecule has 0 saturated carbocycles. The summed E-state index contributed by atoms with van der Waals surface area (Å²) in [5.74, 6) is -6.43. The third-order valence-electron chi connectivity index (χ3n) is 6.67. The number of aliphatic carboxylic acids is 3. The lowest BCUT2D eigenvalue weighted by molar-refractivity contribution is -0.148. The summed E-state index contributed by atoms with van der Waals surface area (Å²) in [6, 6.07) is 8.00. The number of halogens is 2. The molecule has 13 heteroatoms. The Balaban J connectivity index is 1.77. The van der Waals surface area contributed by atoms with Gasteiger partial charge in [-0.05, 0) is 43.0 Å². The van der Waals surface area contributed by atoms with Gasteiger partial charge in [0.2, 0.25) is 5.91 Å². The first-order chi connectivity index (χ1) is 19.3. The van der Waals surface area contributed by atoms with Crippen LogP contribution in [0, 0.1) is 5.92 Å². The van der Waals surface area contributed by atoms with Crippen molar-refractivity contribution in [1.29, 1.82) is 0 Å². The van der Waals surface area contributed by atoms with E-state index in [9.17, 15) is 34.2 Å². The lowest BCUT2D eigenvalue weighted by Gasteiger charge is -2.27. The summed E-state index contributed by atoms with van der Waals surface area (Å²) < 4.78 is 5.05. The van der Waals surface area contributed by atoms with Crippen LogP contribution in [-0.2, 0) is 25.6 Å². The molecule has 0 aromatic heterocycles. The molecule has 1 amide bonds. The van der Waals surface area contributed by atoms with E-state index >= 15 is 0 Å². The molecule has 4 N–H and O–H groups in total. The molecule has 41 heavy (non-hydrogen) atoms. The zero-order valence-electron chi connectivity index (χ0n) is 21.9. The van der Waals surface area contributed by atoms with Crippen molar-refractivity contribution in [2.75, 3.05) is 13.2 Å². The Morgan fingerprint density at radius 2 is 1.71 bits per heavy atom. The maximum absolute atomic E-state index is 13.4. The van der Waals surface area contributed by atoms with Crippen LogP contribution in [0.25, 0.3) is 0 Å². The lowest BCUT2D eigenvalue weighted by atomic mass is 9.91. The summed E-state index contributed by atoms with van der Waals surface area (Å²) in [4.78, 5) is 62.6. The van der Waals surface area contributed by atoms with E-state index in [0.29, 0.717) is 6.42 Å². The second kappa shape index (κ2) is 13.6. The smallest absolute Gasteiger partial charge is 0.341 e. The van der Waals surface area contributed by atoms with Gasteiger partial charge in [0.1, 0.15) is 16.8 Å². The summed E-state index contributed by atoms with van der Waals surface area (Å²) in [5, 5.41) is 30.7. The average molecular weight is 607 g/mol. The molecule has 0 bridgehead atoms. The molecular formula is C28H28Cl2N2O9. The van der Waals surface area contributed by atoms with E-state index in [4.69, 9.17) is 33.0 Å². The highest BCUT2D eigenvalue weighted by Gasteiger charge is 2.47. The number of carboxylic acids is 3. The number of hydrogen-bond donors (Lipinski definition) is 4. The number of carbonyl (C=O) groups is 5. The number of ether oxygens (including phenoxy) is 1. The van der Waals surface area contributed by atoms with E-state index in [1.54, 1.807) is 0 Å². The molecule has 218 valence electrons. The van der Waals surface area contributed by atoms with E-state index in [1.165, 1.54) is 19.1 Å². The number of rotatable bonds is 13. The fraction of sp³-hybridized carbons (Fsp3) is 0.321. The van der Waals surface area contributed by atoms with Gasteiger partial charge in [0, 0.05) is 12.1 Å². The van der Waals surface area contributed by atoms with Gasteiger partial charge < -0.3 is 25.0 Å². The van der Waals surface area contributed by atoms with Crippen LogP contribution in [0.2, 0.25) is 10.0 Å². The van der Waals surface area contributed by atoms with Gasteiger partial charge in [-0.2, -0.15) is 0 Å². The molecule has 1 aliphatic heterocycles. The van der Waals surface area contributed by atoms with Gasteiger partial charge in [-0.25, -0.2) is 9.59 Å². The number of nitrogens with zero attached hydrogens (tertiary/aromatic N) is 1. The van der Waals surface area contributed by atoms with Crippen molar-refractivity contribution in [1.82, 2.24) is 10.2 Å². The molecule has 2 unspecified atom stereocenters. The molecule has 1 fully saturated rings. The number of carboxylic acid groups (broad SMARTS) is 3. The van der Waals surface area contributed by atoms with Crippen molar-refractivity contribution < 1.29 is 44.0 Å². The van der Waals surface area contributed by atoms with E-state index in [1.807, 2.05) is 30.3 Å². The number of Topliss-reactive ketones (excluding diaryl/α,β-unsaturated/α-hetero) is 1. The van der Waals surface area contributed by atoms with Crippen molar-refractivity contribution in [3.8, 4) is 5.75 Å². The SMILES string of the molecule is C=C1C(C(=O)c2ccc(OCC(=O)O)c(Cl)c2Cl)CN(C(=O)[C@H](C)N[C@@H](CCc2ccccc2)C(=O)O)C1C(=O)O. The van der Waals surface area contributed by atoms with Gasteiger partial charge in [-0.15, -0.1) is 0 Å². The van der Waals surface area contributed by atoms with Gasteiger partial charge in [0.05, 0.1) is 17.0 Å². The first-order valence-electron chi connectivity index (χ1n) is 12.4. The van der Waals surface area contributed by atoms with Crippen LogP contribution in [-0.4, -0.2) is 81.1 Å². The third kappa shape index (κ3) is 7.43. The zero-order valence-corrected chi connectivity index (χ0v) is 23.4. The van der Waals surface area contributed by atoms with Crippen molar-refractivity contribution in [3.63, 3.8) is 0 Å². The monoisotopic (exact) mass is 606 g/mol. The van der Waals surface area contributed by atoms with Crippen LogP contribution in [0.5, 0.6) is 5.75 Å². The van der Waals surface area contributed by atoms with Crippen LogP contribution in [0.1, 0.15) is 29.3 Å². The van der Waals surface area contributed by atoms with Gasteiger partial charge >= 0.3 is 17.9 Å². The predicted molar refractivity (Wildman–Crippen MR) is 148 cm³/mol. The Hall–Kier alpha value is -3.93. The summed E-state index contributed by atoms with van der Waals surface area (Å²) in [5.41, 5.74) is 0.769. The van der Waals surface area contributed by atoms with Gasteiger partial charge in [-0.1, -0.05) is 60.1 Å². The number of benzene rings is 2. The maximum Gasteiger partial charge on any atom is 0.341 e. The second-order valence-corrected chi connectivity index (χ2v) is 10.2. The predicted octanol–water partition coefficient (Wildman–Crippen LogP) is 3.17. The molecule has 2 aromatic rings. The summed E-state index contributed by atoms with van der Waals surface area (Å²) in [6.07, 6.45) is 0.614. The third-order valence-corrected chi connectivity index (χ3v) is 7.54. The van der Waals surface area contributed by atoms with Crippen molar-refractivity contribution in [3.05, 3.63) is 75.8 Å². The quantitative estimate of drug-likeness (QED) is 0.196. The highest BCUT2D eigenvalue weighted by atomic mass is 35.5. The van der Waals surface area contributed by atoms with Gasteiger partial charge in [0.25, 0.3) is 0 Å². The second-order valence-electron chi connectivity index (χ2n) is 9.45. The van der Waals surface area contributed by atoms with Crippen LogP contribution < -0.4 is 10.1 Å². The molecule has 11 nitrogen and oxygen atoms in total. The molecule has 0 aliphatic carbocycles. The Bertz CT molecular complexity index is 1370. The fourth-order valence-electron chi connectivity index (χ4n) is 4.59.